The molecule has 0 radical (unpaired) electrons. The summed E-state index contributed by atoms with van der Waals surface area (Å²) in [6.45, 7) is 12.3. The van der Waals surface area contributed by atoms with Gasteiger partial charge < -0.3 is 14.7 Å². The van der Waals surface area contributed by atoms with Crippen LogP contribution in [-0.4, -0.2) is 35.1 Å². The second-order valence-corrected chi connectivity index (χ2v) is 13.4. The van der Waals surface area contributed by atoms with Crippen LogP contribution in [0.5, 0.6) is 0 Å². The van der Waals surface area contributed by atoms with Gasteiger partial charge in [-0.15, -0.1) is 11.3 Å². The van der Waals surface area contributed by atoms with Crippen LogP contribution >= 0.6 is 11.3 Å². The minimum Gasteiger partial charge on any atom is -0.477 e. The predicted octanol–water partition coefficient (Wildman–Crippen LogP) is 6.90. The molecule has 6 nitrogen and oxygen atoms in total. The van der Waals surface area contributed by atoms with Gasteiger partial charge in [-0.1, -0.05) is 32.6 Å². The van der Waals surface area contributed by atoms with Gasteiger partial charge in [0.2, 0.25) is 5.91 Å². The van der Waals surface area contributed by atoms with Gasteiger partial charge in [0.1, 0.15) is 11.0 Å². The first kappa shape index (κ1) is 29.2. The minimum absolute atomic E-state index is 0.0304. The molecule has 1 amide bonds. The fourth-order valence-electron chi connectivity index (χ4n) is 5.21. The van der Waals surface area contributed by atoms with Crippen molar-refractivity contribution in [3.8, 4) is 11.8 Å². The summed E-state index contributed by atoms with van der Waals surface area (Å²) in [4.78, 5) is 41.1. The van der Waals surface area contributed by atoms with Gasteiger partial charge in [-0.2, -0.15) is 0 Å². The molecule has 1 N–H and O–H groups in total. The van der Waals surface area contributed by atoms with E-state index in [1.807, 2.05) is 34.6 Å². The Balaban J connectivity index is 1.89. The van der Waals surface area contributed by atoms with E-state index in [9.17, 15) is 19.5 Å². The molecule has 0 saturated heterocycles. The van der Waals surface area contributed by atoms with E-state index < -0.39 is 5.97 Å². The lowest BCUT2D eigenvalue weighted by Crippen LogP contribution is -2.47. The molecular weight excluding hydrogens is 486 g/mol. The van der Waals surface area contributed by atoms with Crippen molar-refractivity contribution in [2.75, 3.05) is 4.90 Å². The topological polar surface area (TPSA) is 83.9 Å². The van der Waals surface area contributed by atoms with Crippen LogP contribution in [0.4, 0.5) is 5.69 Å². The number of esters is 1. The molecule has 1 aromatic heterocycles. The lowest BCUT2D eigenvalue weighted by Gasteiger charge is -2.39. The molecule has 2 aliphatic carbocycles. The van der Waals surface area contributed by atoms with Crippen LogP contribution in [-0.2, 0) is 14.3 Å². The molecule has 37 heavy (non-hydrogen) atoms. The van der Waals surface area contributed by atoms with E-state index in [1.165, 1.54) is 0 Å². The van der Waals surface area contributed by atoms with Crippen molar-refractivity contribution in [3.05, 3.63) is 15.8 Å². The van der Waals surface area contributed by atoms with Crippen molar-refractivity contribution in [1.82, 2.24) is 0 Å². The number of carbonyl (C=O) groups excluding carboxylic acids is 2. The lowest BCUT2D eigenvalue weighted by molar-refractivity contribution is -0.151. The van der Waals surface area contributed by atoms with E-state index in [-0.39, 0.29) is 46.2 Å². The maximum Gasteiger partial charge on any atom is 0.348 e. The van der Waals surface area contributed by atoms with Crippen LogP contribution in [0.15, 0.2) is 6.07 Å². The Hall–Kier alpha value is -2.33. The molecule has 3 rings (SSSR count). The summed E-state index contributed by atoms with van der Waals surface area (Å²) in [6, 6.07) is 1.67. The summed E-state index contributed by atoms with van der Waals surface area (Å²) in [6.07, 6.45) is 6.64. The first-order chi connectivity index (χ1) is 17.3. The van der Waals surface area contributed by atoms with Gasteiger partial charge in [-0.25, -0.2) is 4.79 Å². The summed E-state index contributed by atoms with van der Waals surface area (Å²) in [5.74, 6) is 5.92. The third kappa shape index (κ3) is 8.33. The number of aromatic carboxylic acids is 1. The number of hydrogen-bond acceptors (Lipinski definition) is 5. The Labute approximate surface area is 226 Å². The SMILES string of the molecule is CC(C)CC(=O)OC1CCC(N(C(=O)C2CCC(C)CC2)c2cc(C#CC(C)(C)C)sc2C(=O)O)CC1. The third-order valence-electron chi connectivity index (χ3n) is 7.21. The van der Waals surface area contributed by atoms with E-state index in [0.29, 0.717) is 48.6 Å². The smallest absolute Gasteiger partial charge is 0.348 e. The Morgan fingerprint density at radius 3 is 2.24 bits per heavy atom. The van der Waals surface area contributed by atoms with Crippen molar-refractivity contribution in [1.29, 1.82) is 0 Å². The van der Waals surface area contributed by atoms with Crippen LogP contribution in [0.25, 0.3) is 0 Å². The summed E-state index contributed by atoms with van der Waals surface area (Å²) in [5, 5.41) is 10.1. The molecule has 2 saturated carbocycles. The number of thiophene rings is 1. The highest BCUT2D eigenvalue weighted by atomic mass is 32.1. The van der Waals surface area contributed by atoms with Gasteiger partial charge in [0.25, 0.3) is 0 Å². The zero-order chi connectivity index (χ0) is 27.3. The van der Waals surface area contributed by atoms with Gasteiger partial charge in [0, 0.05) is 23.8 Å². The summed E-state index contributed by atoms with van der Waals surface area (Å²) in [5.41, 5.74) is 0.257. The van der Waals surface area contributed by atoms with Crippen molar-refractivity contribution >= 4 is 34.9 Å². The first-order valence-corrected chi connectivity index (χ1v) is 14.6. The number of carboxylic acids is 1. The highest BCUT2D eigenvalue weighted by Gasteiger charge is 2.38. The molecule has 7 heteroatoms. The Kier molecular flexibility index (Phi) is 9.86. The zero-order valence-electron chi connectivity index (χ0n) is 23.3. The number of ether oxygens (including phenoxy) is 1. The van der Waals surface area contributed by atoms with Gasteiger partial charge in [0.15, 0.2) is 0 Å². The standard InChI is InChI=1S/C30H43NO5S/c1-19(2)17-26(32)36-23-13-11-22(12-14-23)31(28(33)21-9-7-20(3)8-10-21)25-18-24(15-16-30(4,5)6)37-27(25)29(34)35/h18-23H,7-14,17H2,1-6H3,(H,34,35). The largest absolute Gasteiger partial charge is 0.477 e. The maximum atomic E-state index is 14.0. The minimum atomic E-state index is -1.03. The fraction of sp³-hybridized carbons (Fsp3) is 0.700. The number of nitrogens with zero attached hydrogens (tertiary/aromatic N) is 1. The van der Waals surface area contributed by atoms with Gasteiger partial charge in [-0.05, 0) is 90.0 Å². The van der Waals surface area contributed by atoms with Crippen molar-refractivity contribution in [2.24, 2.45) is 23.2 Å². The molecule has 0 aliphatic heterocycles. The van der Waals surface area contributed by atoms with Crippen molar-refractivity contribution < 1.29 is 24.2 Å². The molecular formula is C30H43NO5S. The molecule has 0 atom stereocenters. The van der Waals surface area contributed by atoms with Crippen LogP contribution in [0, 0.1) is 35.0 Å². The van der Waals surface area contributed by atoms with Crippen LogP contribution < -0.4 is 4.90 Å². The van der Waals surface area contributed by atoms with E-state index in [0.717, 1.165) is 37.0 Å². The van der Waals surface area contributed by atoms with Crippen molar-refractivity contribution in [2.45, 2.75) is 111 Å². The molecule has 1 heterocycles. The number of amides is 1. The van der Waals surface area contributed by atoms with E-state index in [1.54, 1.807) is 11.0 Å². The normalized spacial score (nSPS) is 24.2. The highest BCUT2D eigenvalue weighted by molar-refractivity contribution is 7.15. The summed E-state index contributed by atoms with van der Waals surface area (Å²) in [7, 11) is 0. The predicted molar refractivity (Wildman–Crippen MR) is 148 cm³/mol. The van der Waals surface area contributed by atoms with E-state index in [2.05, 4.69) is 18.8 Å². The molecule has 0 spiro atoms. The fourth-order valence-corrected chi connectivity index (χ4v) is 6.05. The molecule has 2 fully saturated rings. The molecule has 0 unspecified atom stereocenters. The monoisotopic (exact) mass is 529 g/mol. The molecule has 1 aromatic rings. The average Bonchev–Trinajstić information content (AvgIpc) is 3.23. The van der Waals surface area contributed by atoms with Crippen LogP contribution in [0.2, 0.25) is 0 Å². The first-order valence-electron chi connectivity index (χ1n) is 13.8. The second kappa shape index (κ2) is 12.5. The van der Waals surface area contributed by atoms with Gasteiger partial charge >= 0.3 is 11.9 Å². The lowest BCUT2D eigenvalue weighted by atomic mass is 9.81. The Morgan fingerprint density at radius 1 is 1.08 bits per heavy atom. The van der Waals surface area contributed by atoms with E-state index in [4.69, 9.17) is 4.74 Å². The summed E-state index contributed by atoms with van der Waals surface area (Å²) < 4.78 is 5.70. The molecule has 2 aliphatic rings. The molecule has 0 aromatic carbocycles. The van der Waals surface area contributed by atoms with E-state index >= 15 is 0 Å². The van der Waals surface area contributed by atoms with Crippen molar-refractivity contribution in [3.63, 3.8) is 0 Å². The number of rotatable bonds is 7. The summed E-state index contributed by atoms with van der Waals surface area (Å²) >= 11 is 1.14. The number of carbonyl (C=O) groups is 3. The van der Waals surface area contributed by atoms with Crippen LogP contribution in [0.1, 0.15) is 114 Å². The molecule has 204 valence electrons. The second-order valence-electron chi connectivity index (χ2n) is 12.3. The maximum absolute atomic E-state index is 14.0. The zero-order valence-corrected chi connectivity index (χ0v) is 24.1. The number of hydrogen-bond donors (Lipinski definition) is 1. The number of anilines is 1. The van der Waals surface area contributed by atoms with Gasteiger partial charge in [0.05, 0.1) is 10.6 Å². The highest BCUT2D eigenvalue weighted by Crippen LogP contribution is 2.39. The Morgan fingerprint density at radius 2 is 1.70 bits per heavy atom. The third-order valence-corrected chi connectivity index (χ3v) is 8.24. The Bertz CT molecular complexity index is 1020. The van der Waals surface area contributed by atoms with Crippen LogP contribution in [0.3, 0.4) is 0 Å². The quantitative estimate of drug-likeness (QED) is 0.307. The molecule has 0 bridgehead atoms. The van der Waals surface area contributed by atoms with Gasteiger partial charge in [-0.3, -0.25) is 9.59 Å². The number of carboxylic acid groups (broad SMARTS) is 1. The average molecular weight is 530 g/mol.